The van der Waals surface area contributed by atoms with Gasteiger partial charge in [0.25, 0.3) is 0 Å². The summed E-state index contributed by atoms with van der Waals surface area (Å²) in [6, 6.07) is 7.51. The predicted molar refractivity (Wildman–Crippen MR) is 148 cm³/mol. The van der Waals surface area contributed by atoms with Gasteiger partial charge in [-0.05, 0) is 82.4 Å². The number of fused-ring (bicyclic) bond motifs is 1. The molecule has 6 heteroatoms. The van der Waals surface area contributed by atoms with Crippen molar-refractivity contribution < 1.29 is 18.7 Å². The van der Waals surface area contributed by atoms with Crippen molar-refractivity contribution in [2.24, 2.45) is 17.3 Å². The van der Waals surface area contributed by atoms with Crippen molar-refractivity contribution in [2.45, 2.75) is 103 Å². The first-order valence-electron chi connectivity index (χ1n) is 13.7. The third-order valence-corrected chi connectivity index (χ3v) is 8.73. The highest BCUT2D eigenvalue weighted by molar-refractivity contribution is 8.00. The normalized spacial score (nSPS) is 15.8. The van der Waals surface area contributed by atoms with E-state index in [4.69, 9.17) is 13.9 Å². The SMILES string of the molecule is CC(C)CC(C)C(C)(C)C(=O)OCCCCCOc1cc(=O)oc2cc(SC3CCCCC3)ccc12. The Morgan fingerprint density at radius 2 is 1.78 bits per heavy atom. The van der Waals surface area contributed by atoms with Gasteiger partial charge in [0.05, 0.1) is 30.1 Å². The summed E-state index contributed by atoms with van der Waals surface area (Å²) >= 11 is 1.89. The number of ether oxygens (including phenoxy) is 2. The number of esters is 1. The molecule has 1 saturated carbocycles. The van der Waals surface area contributed by atoms with Crippen LogP contribution in [0.3, 0.4) is 0 Å². The highest BCUT2D eigenvalue weighted by atomic mass is 32.2. The second kappa shape index (κ2) is 13.6. The molecule has 200 valence electrons. The zero-order valence-corrected chi connectivity index (χ0v) is 23.6. The Bertz CT molecular complexity index is 1040. The minimum Gasteiger partial charge on any atom is -0.493 e. The average molecular weight is 517 g/mol. The molecule has 1 atom stereocenters. The maximum Gasteiger partial charge on any atom is 0.339 e. The molecular weight excluding hydrogens is 472 g/mol. The van der Waals surface area contributed by atoms with Gasteiger partial charge in [-0.25, -0.2) is 4.79 Å². The van der Waals surface area contributed by atoms with Gasteiger partial charge in [-0.3, -0.25) is 4.79 Å². The van der Waals surface area contributed by atoms with Crippen molar-refractivity contribution >= 4 is 28.7 Å². The Kier molecular flexibility index (Phi) is 10.8. The van der Waals surface area contributed by atoms with Crippen LogP contribution in [0.5, 0.6) is 5.75 Å². The molecule has 1 heterocycles. The second-order valence-electron chi connectivity index (χ2n) is 11.3. The fourth-order valence-electron chi connectivity index (χ4n) is 4.80. The molecular formula is C30H44O5S. The zero-order valence-electron chi connectivity index (χ0n) is 22.8. The number of unbranched alkanes of at least 4 members (excludes halogenated alkanes) is 2. The van der Waals surface area contributed by atoms with E-state index in [0.717, 1.165) is 36.0 Å². The molecule has 1 aliphatic rings. The third-order valence-electron chi connectivity index (χ3n) is 7.40. The van der Waals surface area contributed by atoms with Gasteiger partial charge in [0.15, 0.2) is 0 Å². The second-order valence-corrected chi connectivity index (χ2v) is 12.6. The first kappa shape index (κ1) is 28.6. The first-order valence-corrected chi connectivity index (χ1v) is 14.6. The van der Waals surface area contributed by atoms with Crippen LogP contribution in [0.4, 0.5) is 0 Å². The lowest BCUT2D eigenvalue weighted by molar-refractivity contribution is -0.157. The summed E-state index contributed by atoms with van der Waals surface area (Å²) in [4.78, 5) is 25.8. The highest BCUT2D eigenvalue weighted by Crippen LogP contribution is 2.36. The Morgan fingerprint density at radius 3 is 2.50 bits per heavy atom. The number of rotatable bonds is 13. The molecule has 0 spiro atoms. The van der Waals surface area contributed by atoms with Gasteiger partial charge in [0.2, 0.25) is 0 Å². The minimum absolute atomic E-state index is 0.115. The van der Waals surface area contributed by atoms with E-state index in [-0.39, 0.29) is 11.9 Å². The molecule has 0 aliphatic heterocycles. The van der Waals surface area contributed by atoms with E-state index >= 15 is 0 Å². The molecule has 0 bridgehead atoms. The van der Waals surface area contributed by atoms with Crippen LogP contribution in [0.25, 0.3) is 11.0 Å². The molecule has 36 heavy (non-hydrogen) atoms. The van der Waals surface area contributed by atoms with Gasteiger partial charge >= 0.3 is 11.6 Å². The van der Waals surface area contributed by atoms with Crippen LogP contribution < -0.4 is 10.4 Å². The van der Waals surface area contributed by atoms with Crippen molar-refractivity contribution in [1.82, 2.24) is 0 Å². The van der Waals surface area contributed by atoms with E-state index in [2.05, 4.69) is 26.8 Å². The average Bonchev–Trinajstić information content (AvgIpc) is 2.83. The van der Waals surface area contributed by atoms with Crippen molar-refractivity contribution in [3.63, 3.8) is 0 Å². The molecule has 0 saturated heterocycles. The molecule has 1 aromatic heterocycles. The predicted octanol–water partition coefficient (Wildman–Crippen LogP) is 8.02. The zero-order chi connectivity index (χ0) is 26.1. The fourth-order valence-corrected chi connectivity index (χ4v) is 6.07. The van der Waals surface area contributed by atoms with Crippen molar-refractivity contribution in [3.8, 4) is 5.75 Å². The standard InChI is InChI=1S/C30H44O5S/c1-21(2)18-22(3)30(4,5)29(32)34-17-11-7-10-16-33-26-20-28(31)35-27-19-24(14-15-25(26)27)36-23-12-8-6-9-13-23/h14-15,19-23H,6-13,16-18H2,1-5H3. The molecule has 0 N–H and O–H groups in total. The van der Waals surface area contributed by atoms with Gasteiger partial charge in [-0.1, -0.05) is 40.0 Å². The molecule has 0 amide bonds. The lowest BCUT2D eigenvalue weighted by Crippen LogP contribution is -2.34. The van der Waals surface area contributed by atoms with Gasteiger partial charge in [-0.15, -0.1) is 11.8 Å². The summed E-state index contributed by atoms with van der Waals surface area (Å²) in [6.07, 6.45) is 9.96. The number of carbonyl (C=O) groups excluding carboxylic acids is 1. The quantitative estimate of drug-likeness (QED) is 0.153. The van der Waals surface area contributed by atoms with Gasteiger partial charge in [0.1, 0.15) is 11.3 Å². The monoisotopic (exact) mass is 516 g/mol. The lowest BCUT2D eigenvalue weighted by atomic mass is 9.76. The van der Waals surface area contributed by atoms with E-state index in [0.29, 0.717) is 35.7 Å². The lowest BCUT2D eigenvalue weighted by Gasteiger charge is -2.30. The molecule has 3 rings (SSSR count). The molecule has 5 nitrogen and oxygen atoms in total. The maximum absolute atomic E-state index is 12.6. The topological polar surface area (TPSA) is 65.7 Å². The Labute approximate surface area is 220 Å². The number of benzene rings is 1. The fraction of sp³-hybridized carbons (Fsp3) is 0.667. The summed E-state index contributed by atoms with van der Waals surface area (Å²) in [5.74, 6) is 1.29. The van der Waals surface area contributed by atoms with Crippen LogP contribution in [0.2, 0.25) is 0 Å². The largest absolute Gasteiger partial charge is 0.493 e. The van der Waals surface area contributed by atoms with E-state index < -0.39 is 11.0 Å². The highest BCUT2D eigenvalue weighted by Gasteiger charge is 2.35. The van der Waals surface area contributed by atoms with E-state index in [1.807, 2.05) is 37.7 Å². The smallest absolute Gasteiger partial charge is 0.339 e. The minimum atomic E-state index is -0.475. The summed E-state index contributed by atoms with van der Waals surface area (Å²) in [5, 5.41) is 1.48. The van der Waals surface area contributed by atoms with E-state index in [1.54, 1.807) is 0 Å². The van der Waals surface area contributed by atoms with E-state index in [1.165, 1.54) is 38.2 Å². The van der Waals surface area contributed by atoms with Gasteiger partial charge in [-0.2, -0.15) is 0 Å². The summed E-state index contributed by atoms with van der Waals surface area (Å²) < 4.78 is 17.0. The van der Waals surface area contributed by atoms with Crippen molar-refractivity contribution in [1.29, 1.82) is 0 Å². The molecule has 2 aromatic rings. The molecule has 1 aromatic carbocycles. The Balaban J connectivity index is 1.43. The number of carbonyl (C=O) groups is 1. The van der Waals surface area contributed by atoms with Crippen LogP contribution in [-0.2, 0) is 9.53 Å². The van der Waals surface area contributed by atoms with Crippen LogP contribution in [0, 0.1) is 17.3 Å². The summed E-state index contributed by atoms with van der Waals surface area (Å²) in [5.41, 5.74) is -0.282. The van der Waals surface area contributed by atoms with Crippen molar-refractivity contribution in [2.75, 3.05) is 13.2 Å². The van der Waals surface area contributed by atoms with Gasteiger partial charge < -0.3 is 13.9 Å². The maximum atomic E-state index is 12.6. The van der Waals surface area contributed by atoms with Crippen molar-refractivity contribution in [3.05, 3.63) is 34.7 Å². The molecule has 1 unspecified atom stereocenters. The van der Waals surface area contributed by atoms with Gasteiger partial charge in [0, 0.05) is 10.1 Å². The van der Waals surface area contributed by atoms with Crippen LogP contribution >= 0.6 is 11.8 Å². The Morgan fingerprint density at radius 1 is 1.06 bits per heavy atom. The Hall–Kier alpha value is -1.95. The first-order chi connectivity index (χ1) is 17.2. The summed E-state index contributed by atoms with van der Waals surface area (Å²) in [7, 11) is 0. The molecule has 0 radical (unpaired) electrons. The van der Waals surface area contributed by atoms with E-state index in [9.17, 15) is 9.59 Å². The van der Waals surface area contributed by atoms with Crippen LogP contribution in [0.15, 0.2) is 38.4 Å². The van der Waals surface area contributed by atoms with Crippen LogP contribution in [0.1, 0.15) is 92.4 Å². The van der Waals surface area contributed by atoms with Crippen LogP contribution in [-0.4, -0.2) is 24.4 Å². The molecule has 1 fully saturated rings. The number of thioether (sulfide) groups is 1. The number of hydrogen-bond donors (Lipinski definition) is 0. The number of hydrogen-bond acceptors (Lipinski definition) is 6. The molecule has 1 aliphatic carbocycles. The summed E-state index contributed by atoms with van der Waals surface area (Å²) in [6.45, 7) is 11.4. The third kappa shape index (κ3) is 8.29.